The lowest BCUT2D eigenvalue weighted by atomic mass is 9.86. The molecule has 2 N–H and O–H groups in total. The molecule has 1 saturated heterocycles. The third kappa shape index (κ3) is 9.27. The first-order valence-electron chi connectivity index (χ1n) is 14.5. The number of para-hydroxylation sites is 1. The lowest BCUT2D eigenvalue weighted by Gasteiger charge is -2.24. The molecule has 46 heavy (non-hydrogen) atoms. The number of ether oxygens (including phenoxy) is 2. The predicted octanol–water partition coefficient (Wildman–Crippen LogP) is 4.19. The summed E-state index contributed by atoms with van der Waals surface area (Å²) in [6, 6.07) is 5.37. The Morgan fingerprint density at radius 3 is 2.15 bits per heavy atom. The number of esters is 1. The van der Waals surface area contributed by atoms with Crippen LogP contribution in [0, 0.1) is 29.2 Å². The van der Waals surface area contributed by atoms with Crippen molar-refractivity contribution < 1.29 is 51.0 Å². The fraction of sp³-hybridized carbons (Fsp3) is 0.469. The molecule has 250 valence electrons. The third-order valence-corrected chi connectivity index (χ3v) is 6.95. The normalized spacial score (nSPS) is 15.6. The van der Waals surface area contributed by atoms with Gasteiger partial charge in [-0.1, -0.05) is 39.0 Å². The van der Waals surface area contributed by atoms with Crippen molar-refractivity contribution in [1.82, 2.24) is 10.2 Å². The molecule has 1 heterocycles. The van der Waals surface area contributed by atoms with E-state index in [-0.39, 0.29) is 31.0 Å². The maximum Gasteiger partial charge on any atom is 0.313 e. The van der Waals surface area contributed by atoms with E-state index in [0.717, 1.165) is 5.56 Å². The van der Waals surface area contributed by atoms with Gasteiger partial charge in [-0.05, 0) is 44.2 Å². The number of likely N-dealkylation sites (tertiary alicyclic amines) is 1. The molecule has 3 amide bonds. The molecule has 1 aliphatic rings. The molecule has 10 nitrogen and oxygen atoms in total. The highest BCUT2D eigenvalue weighted by molar-refractivity contribution is 6.39. The van der Waals surface area contributed by atoms with Gasteiger partial charge >= 0.3 is 17.8 Å². The summed E-state index contributed by atoms with van der Waals surface area (Å²) in [6.45, 7) is 9.25. The van der Waals surface area contributed by atoms with Crippen LogP contribution in [0.4, 0.5) is 23.2 Å². The van der Waals surface area contributed by atoms with Crippen LogP contribution in [0.2, 0.25) is 0 Å². The Morgan fingerprint density at radius 2 is 1.57 bits per heavy atom. The van der Waals surface area contributed by atoms with Gasteiger partial charge in [0.15, 0.2) is 23.2 Å². The van der Waals surface area contributed by atoms with E-state index in [0.29, 0.717) is 5.69 Å². The summed E-state index contributed by atoms with van der Waals surface area (Å²) < 4.78 is 65.2. The second kappa shape index (κ2) is 14.3. The van der Waals surface area contributed by atoms with Gasteiger partial charge in [-0.25, -0.2) is 8.78 Å². The number of rotatable bonds is 9. The van der Waals surface area contributed by atoms with Crippen molar-refractivity contribution in [1.29, 1.82) is 0 Å². The van der Waals surface area contributed by atoms with Crippen molar-refractivity contribution in [3.63, 3.8) is 0 Å². The Balaban J connectivity index is 1.69. The number of carbonyl (C=O) groups excluding carboxylic acids is 5. The van der Waals surface area contributed by atoms with Gasteiger partial charge in [0, 0.05) is 24.8 Å². The van der Waals surface area contributed by atoms with Gasteiger partial charge in [-0.3, -0.25) is 24.0 Å². The first-order chi connectivity index (χ1) is 21.3. The summed E-state index contributed by atoms with van der Waals surface area (Å²) in [6.07, 6.45) is -0.592. The molecule has 1 unspecified atom stereocenters. The average molecular weight is 652 g/mol. The highest BCUT2D eigenvalue weighted by Crippen LogP contribution is 2.30. The van der Waals surface area contributed by atoms with Gasteiger partial charge in [0.1, 0.15) is 18.2 Å². The molecule has 14 heteroatoms. The molecular formula is C32H37F4N3O7. The van der Waals surface area contributed by atoms with Crippen LogP contribution in [0.25, 0.3) is 0 Å². The van der Waals surface area contributed by atoms with Gasteiger partial charge in [-0.2, -0.15) is 8.78 Å². The zero-order valence-electron chi connectivity index (χ0n) is 26.4. The monoisotopic (exact) mass is 651 g/mol. The summed E-state index contributed by atoms with van der Waals surface area (Å²) in [5.74, 6) is -14.1. The Morgan fingerprint density at radius 1 is 0.957 bits per heavy atom. The number of nitrogens with zero attached hydrogens (tertiary/aromatic N) is 1. The fourth-order valence-electron chi connectivity index (χ4n) is 4.73. The molecule has 2 aromatic carbocycles. The molecule has 0 aliphatic carbocycles. The van der Waals surface area contributed by atoms with Crippen molar-refractivity contribution in [3.8, 4) is 5.75 Å². The van der Waals surface area contributed by atoms with Gasteiger partial charge in [0.05, 0.1) is 12.3 Å². The average Bonchev–Trinajstić information content (AvgIpc) is 3.44. The zero-order valence-corrected chi connectivity index (χ0v) is 26.4. The highest BCUT2D eigenvalue weighted by Gasteiger charge is 2.37. The lowest BCUT2D eigenvalue weighted by Crippen LogP contribution is -2.48. The highest BCUT2D eigenvalue weighted by atomic mass is 19.2. The number of benzene rings is 2. The fourth-order valence-corrected chi connectivity index (χ4v) is 4.73. The van der Waals surface area contributed by atoms with Crippen LogP contribution in [-0.4, -0.2) is 65.7 Å². The van der Waals surface area contributed by atoms with E-state index in [1.165, 1.54) is 4.90 Å². The van der Waals surface area contributed by atoms with E-state index in [1.54, 1.807) is 32.9 Å². The number of amides is 3. The molecule has 0 saturated carbocycles. The molecule has 3 rings (SSSR count). The minimum absolute atomic E-state index is 0.0328. The summed E-state index contributed by atoms with van der Waals surface area (Å²) in [7, 11) is 0. The number of anilines is 1. The molecule has 1 aliphatic heterocycles. The van der Waals surface area contributed by atoms with Crippen molar-refractivity contribution in [2.75, 3.05) is 25.0 Å². The summed E-state index contributed by atoms with van der Waals surface area (Å²) >= 11 is 0. The summed E-state index contributed by atoms with van der Waals surface area (Å²) in [5, 5.41) is 5.00. The number of nitrogens with one attached hydrogen (secondary N) is 2. The van der Waals surface area contributed by atoms with Crippen molar-refractivity contribution in [2.24, 2.45) is 5.92 Å². The smallest absolute Gasteiger partial charge is 0.313 e. The number of hydrogen-bond donors (Lipinski definition) is 2. The predicted molar refractivity (Wildman–Crippen MR) is 158 cm³/mol. The second-order valence-electron chi connectivity index (χ2n) is 12.9. The second-order valence-corrected chi connectivity index (χ2v) is 12.9. The van der Waals surface area contributed by atoms with Gasteiger partial charge < -0.3 is 25.0 Å². The molecule has 2 aromatic rings. The van der Waals surface area contributed by atoms with Crippen LogP contribution < -0.4 is 15.4 Å². The van der Waals surface area contributed by atoms with Gasteiger partial charge in [0.25, 0.3) is 0 Å². The van der Waals surface area contributed by atoms with Crippen LogP contribution in [0.5, 0.6) is 5.75 Å². The number of ketones is 1. The van der Waals surface area contributed by atoms with E-state index in [4.69, 9.17) is 9.47 Å². The van der Waals surface area contributed by atoms with E-state index >= 15 is 0 Å². The van der Waals surface area contributed by atoms with Crippen molar-refractivity contribution in [3.05, 3.63) is 59.2 Å². The largest absolute Gasteiger partial charge is 0.479 e. The van der Waals surface area contributed by atoms with E-state index in [2.05, 4.69) is 10.6 Å². The minimum Gasteiger partial charge on any atom is -0.479 e. The SMILES string of the molecule is CC(C)(C)OC(=O)C[C@H](NC(=O)C1CCN(C(=O)C(=O)Nc2ccccc2C(C)(C)C)C1)C(=O)COc1c(F)c(F)cc(F)c1F. The molecule has 0 spiro atoms. The maximum atomic E-state index is 14.0. The Bertz CT molecular complexity index is 1490. The maximum absolute atomic E-state index is 14.0. The van der Waals surface area contributed by atoms with Crippen LogP contribution in [0.1, 0.15) is 59.9 Å². The standard InChI is InChI=1S/C32H37F4N3O7/c1-31(2,3)18-9-7-8-10-21(18)37-29(43)30(44)39-12-11-17(15-39)28(42)38-22(14-24(41)46-32(4,5)6)23(40)16-45-27-25(35)19(33)13-20(34)26(27)36/h7-10,13,17,22H,11-12,14-16H2,1-6H3,(H,37,43)(H,38,42)/t17?,22-/m0/s1. The third-order valence-electron chi connectivity index (χ3n) is 6.95. The lowest BCUT2D eigenvalue weighted by molar-refractivity contribution is -0.156. The van der Waals surface area contributed by atoms with Crippen LogP contribution in [-0.2, 0) is 34.1 Å². The number of halogens is 4. The van der Waals surface area contributed by atoms with Crippen LogP contribution in [0.15, 0.2) is 30.3 Å². The first kappa shape index (κ1) is 36.0. The van der Waals surface area contributed by atoms with Crippen molar-refractivity contribution >= 4 is 35.2 Å². The van der Waals surface area contributed by atoms with E-state index < -0.39 is 89.1 Å². The quantitative estimate of drug-likeness (QED) is 0.180. The summed E-state index contributed by atoms with van der Waals surface area (Å²) in [5.41, 5.74) is -0.00452. The molecule has 1 fully saturated rings. The molecule has 0 bridgehead atoms. The first-order valence-corrected chi connectivity index (χ1v) is 14.5. The van der Waals surface area contributed by atoms with Crippen LogP contribution in [0.3, 0.4) is 0 Å². The number of Topliss-reactive ketones (excluding diaryl/α,β-unsaturated/α-hetero) is 1. The molecule has 0 radical (unpaired) electrons. The molecular weight excluding hydrogens is 614 g/mol. The van der Waals surface area contributed by atoms with Crippen LogP contribution >= 0.6 is 0 Å². The Kier molecular flexibility index (Phi) is 11.2. The number of carbonyl (C=O) groups is 5. The molecule has 0 aromatic heterocycles. The van der Waals surface area contributed by atoms with Gasteiger partial charge in [0.2, 0.25) is 17.5 Å². The minimum atomic E-state index is -1.87. The Labute approximate surface area is 263 Å². The van der Waals surface area contributed by atoms with Gasteiger partial charge in [-0.15, -0.1) is 0 Å². The van der Waals surface area contributed by atoms with E-state index in [9.17, 15) is 41.5 Å². The number of hydrogen-bond acceptors (Lipinski definition) is 7. The Hall–Kier alpha value is -4.49. The van der Waals surface area contributed by atoms with Crippen molar-refractivity contribution in [2.45, 2.75) is 71.4 Å². The molecule has 2 atom stereocenters. The summed E-state index contributed by atoms with van der Waals surface area (Å²) in [4.78, 5) is 65.6. The topological polar surface area (TPSA) is 131 Å². The zero-order chi connectivity index (χ0) is 34.6. The van der Waals surface area contributed by atoms with E-state index in [1.807, 2.05) is 32.9 Å².